The fourth-order valence-electron chi connectivity index (χ4n) is 3.15. The van der Waals surface area contributed by atoms with Crippen molar-refractivity contribution in [1.82, 2.24) is 14.5 Å². The summed E-state index contributed by atoms with van der Waals surface area (Å²) in [4.78, 5) is 6.95. The zero-order valence-electron chi connectivity index (χ0n) is 12.6. The van der Waals surface area contributed by atoms with Crippen molar-refractivity contribution in [3.05, 3.63) is 47.9 Å². The van der Waals surface area contributed by atoms with Gasteiger partial charge in [-0.3, -0.25) is 4.90 Å². The average Bonchev–Trinajstić information content (AvgIpc) is 2.96. The van der Waals surface area contributed by atoms with Crippen LogP contribution in [0.5, 0.6) is 0 Å². The summed E-state index contributed by atoms with van der Waals surface area (Å²) in [7, 11) is 0. The topological polar surface area (TPSA) is 41.3 Å². The SMILES string of the molecule is Cc1cccnc1-n1cccc1CN1CCCC(CO)C1. The minimum atomic E-state index is 0.302. The molecule has 4 heteroatoms. The first-order valence-corrected chi connectivity index (χ1v) is 7.69. The summed E-state index contributed by atoms with van der Waals surface area (Å²) in [5.41, 5.74) is 2.44. The van der Waals surface area contributed by atoms with Gasteiger partial charge in [-0.1, -0.05) is 6.07 Å². The molecule has 0 aliphatic carbocycles. The first-order valence-electron chi connectivity index (χ1n) is 7.69. The highest BCUT2D eigenvalue weighted by Crippen LogP contribution is 2.20. The van der Waals surface area contributed by atoms with Gasteiger partial charge in [0, 0.05) is 37.8 Å². The summed E-state index contributed by atoms with van der Waals surface area (Å²) in [6, 6.07) is 8.31. The fraction of sp³-hybridized carbons (Fsp3) is 0.471. The zero-order chi connectivity index (χ0) is 14.7. The van der Waals surface area contributed by atoms with Crippen molar-refractivity contribution in [3.8, 4) is 5.82 Å². The Morgan fingerprint density at radius 1 is 1.33 bits per heavy atom. The molecule has 1 fully saturated rings. The number of rotatable bonds is 4. The van der Waals surface area contributed by atoms with Gasteiger partial charge < -0.3 is 9.67 Å². The quantitative estimate of drug-likeness (QED) is 0.938. The lowest BCUT2D eigenvalue weighted by molar-refractivity contribution is 0.114. The number of aryl methyl sites for hydroxylation is 1. The van der Waals surface area contributed by atoms with Crippen LogP contribution in [0.2, 0.25) is 0 Å². The lowest BCUT2D eigenvalue weighted by Gasteiger charge is -2.31. The predicted molar refractivity (Wildman–Crippen MR) is 83.4 cm³/mol. The number of hydrogen-bond acceptors (Lipinski definition) is 3. The molecule has 0 bridgehead atoms. The van der Waals surface area contributed by atoms with Gasteiger partial charge in [-0.05, 0) is 56.0 Å². The molecule has 1 saturated heterocycles. The zero-order valence-corrected chi connectivity index (χ0v) is 12.6. The largest absolute Gasteiger partial charge is 0.396 e. The lowest BCUT2D eigenvalue weighted by Crippen LogP contribution is -2.36. The monoisotopic (exact) mass is 285 g/mol. The van der Waals surface area contributed by atoms with Gasteiger partial charge in [0.25, 0.3) is 0 Å². The molecule has 3 rings (SSSR count). The van der Waals surface area contributed by atoms with E-state index < -0.39 is 0 Å². The Balaban J connectivity index is 1.78. The van der Waals surface area contributed by atoms with E-state index in [1.165, 1.54) is 17.7 Å². The van der Waals surface area contributed by atoms with Crippen LogP contribution in [0.25, 0.3) is 5.82 Å². The Kier molecular flexibility index (Phi) is 4.36. The molecule has 1 N–H and O–H groups in total. The van der Waals surface area contributed by atoms with Crippen molar-refractivity contribution < 1.29 is 5.11 Å². The number of piperidine rings is 1. The lowest BCUT2D eigenvalue weighted by atomic mass is 9.99. The molecule has 3 heterocycles. The van der Waals surface area contributed by atoms with Crippen molar-refractivity contribution >= 4 is 0 Å². The second kappa shape index (κ2) is 6.41. The van der Waals surface area contributed by atoms with Crippen molar-refractivity contribution in [3.63, 3.8) is 0 Å². The van der Waals surface area contributed by atoms with Gasteiger partial charge in [-0.25, -0.2) is 4.98 Å². The van der Waals surface area contributed by atoms with Gasteiger partial charge in [-0.15, -0.1) is 0 Å². The highest BCUT2D eigenvalue weighted by atomic mass is 16.3. The molecule has 1 aliphatic heterocycles. The molecule has 0 radical (unpaired) electrons. The number of hydrogen-bond donors (Lipinski definition) is 1. The van der Waals surface area contributed by atoms with Gasteiger partial charge in [0.1, 0.15) is 5.82 Å². The van der Waals surface area contributed by atoms with Crippen LogP contribution >= 0.6 is 0 Å². The summed E-state index contributed by atoms with van der Waals surface area (Å²) in [5, 5.41) is 9.36. The van der Waals surface area contributed by atoms with Gasteiger partial charge in [0.05, 0.1) is 0 Å². The summed E-state index contributed by atoms with van der Waals surface area (Å²) in [6.07, 6.45) is 6.24. The third kappa shape index (κ3) is 3.17. The third-order valence-electron chi connectivity index (χ3n) is 4.29. The molecule has 0 spiro atoms. The Hall–Kier alpha value is -1.65. The Morgan fingerprint density at radius 2 is 2.24 bits per heavy atom. The predicted octanol–water partition coefficient (Wildman–Crippen LogP) is 2.39. The second-order valence-electron chi connectivity index (χ2n) is 5.94. The van der Waals surface area contributed by atoms with E-state index in [1.54, 1.807) is 0 Å². The van der Waals surface area contributed by atoms with E-state index in [1.807, 2.05) is 12.3 Å². The summed E-state index contributed by atoms with van der Waals surface area (Å²) in [6.45, 7) is 5.41. The minimum absolute atomic E-state index is 0.302. The fourth-order valence-corrected chi connectivity index (χ4v) is 3.15. The van der Waals surface area contributed by atoms with Crippen LogP contribution < -0.4 is 0 Å². The minimum Gasteiger partial charge on any atom is -0.396 e. The van der Waals surface area contributed by atoms with Crippen LogP contribution in [0.3, 0.4) is 0 Å². The molecular formula is C17H23N3O. The van der Waals surface area contributed by atoms with Gasteiger partial charge in [0.15, 0.2) is 0 Å². The number of nitrogens with zero attached hydrogens (tertiary/aromatic N) is 3. The molecule has 0 saturated carbocycles. The van der Waals surface area contributed by atoms with Gasteiger partial charge >= 0.3 is 0 Å². The Bertz CT molecular complexity index is 593. The Labute approximate surface area is 126 Å². The molecule has 0 aromatic carbocycles. The van der Waals surface area contributed by atoms with Crippen molar-refractivity contribution in [2.45, 2.75) is 26.3 Å². The number of aliphatic hydroxyl groups excluding tert-OH is 1. The summed E-state index contributed by atoms with van der Waals surface area (Å²) >= 11 is 0. The molecule has 21 heavy (non-hydrogen) atoms. The molecule has 1 aliphatic rings. The van der Waals surface area contributed by atoms with E-state index in [0.717, 1.165) is 31.9 Å². The molecule has 1 unspecified atom stereocenters. The van der Waals surface area contributed by atoms with E-state index in [2.05, 4.69) is 45.8 Å². The van der Waals surface area contributed by atoms with Crippen LogP contribution in [0, 0.1) is 12.8 Å². The molecule has 1 atom stereocenters. The molecule has 2 aromatic rings. The van der Waals surface area contributed by atoms with Crippen LogP contribution in [0.4, 0.5) is 0 Å². The second-order valence-corrected chi connectivity index (χ2v) is 5.94. The van der Waals surface area contributed by atoms with Crippen LogP contribution in [0.1, 0.15) is 24.1 Å². The number of pyridine rings is 1. The average molecular weight is 285 g/mol. The maximum Gasteiger partial charge on any atom is 0.139 e. The molecule has 2 aromatic heterocycles. The maximum absolute atomic E-state index is 9.36. The molecular weight excluding hydrogens is 262 g/mol. The van der Waals surface area contributed by atoms with Crippen molar-refractivity contribution in [2.75, 3.05) is 19.7 Å². The van der Waals surface area contributed by atoms with Crippen molar-refractivity contribution in [2.24, 2.45) is 5.92 Å². The molecule has 0 amide bonds. The first kappa shape index (κ1) is 14.3. The van der Waals surface area contributed by atoms with E-state index in [-0.39, 0.29) is 0 Å². The van der Waals surface area contributed by atoms with Crippen LogP contribution in [-0.2, 0) is 6.54 Å². The number of aliphatic hydroxyl groups is 1. The van der Waals surface area contributed by atoms with Gasteiger partial charge in [-0.2, -0.15) is 0 Å². The summed E-state index contributed by atoms with van der Waals surface area (Å²) < 4.78 is 2.18. The smallest absolute Gasteiger partial charge is 0.139 e. The number of aromatic nitrogens is 2. The standard InChI is InChI=1S/C17H23N3O/c1-14-5-2-8-18-17(14)20-10-4-7-16(20)12-19-9-3-6-15(11-19)13-21/h2,4-5,7-8,10,15,21H,3,6,9,11-13H2,1H3. The summed E-state index contributed by atoms with van der Waals surface area (Å²) in [5.74, 6) is 1.44. The highest BCUT2D eigenvalue weighted by molar-refractivity contribution is 5.35. The van der Waals surface area contributed by atoms with E-state index in [4.69, 9.17) is 0 Å². The Morgan fingerprint density at radius 3 is 3.05 bits per heavy atom. The van der Waals surface area contributed by atoms with E-state index in [0.29, 0.717) is 12.5 Å². The highest BCUT2D eigenvalue weighted by Gasteiger charge is 2.20. The normalized spacial score (nSPS) is 19.8. The van der Waals surface area contributed by atoms with E-state index in [9.17, 15) is 5.11 Å². The third-order valence-corrected chi connectivity index (χ3v) is 4.29. The van der Waals surface area contributed by atoms with E-state index >= 15 is 0 Å². The van der Waals surface area contributed by atoms with Crippen LogP contribution in [-0.4, -0.2) is 39.3 Å². The molecule has 4 nitrogen and oxygen atoms in total. The molecule has 112 valence electrons. The van der Waals surface area contributed by atoms with Gasteiger partial charge in [0.2, 0.25) is 0 Å². The van der Waals surface area contributed by atoms with Crippen molar-refractivity contribution in [1.29, 1.82) is 0 Å². The number of likely N-dealkylation sites (tertiary alicyclic amines) is 1. The van der Waals surface area contributed by atoms with Crippen LogP contribution in [0.15, 0.2) is 36.7 Å². The maximum atomic E-state index is 9.36. The first-order chi connectivity index (χ1) is 10.3.